The number of likely N-dealkylation sites (tertiary alicyclic amines) is 1. The maximum atomic E-state index is 14.0. The molecular weight excluding hydrogens is 691 g/mol. The molecule has 2 saturated heterocycles. The van der Waals surface area contributed by atoms with Gasteiger partial charge >= 0.3 is 0 Å². The molecule has 6 rings (SSSR count). The van der Waals surface area contributed by atoms with E-state index in [9.17, 15) is 24.3 Å². The number of phenols is 1. The van der Waals surface area contributed by atoms with Gasteiger partial charge in [0.05, 0.1) is 30.1 Å². The molecule has 2 aromatic rings. The fraction of sp³-hybridized carbons (Fsp3) is 0.357. The third kappa shape index (κ3) is 3.55. The fourth-order valence-corrected chi connectivity index (χ4v) is 8.54. The molecule has 3 fully saturated rings. The molecule has 2 heterocycles. The second kappa shape index (κ2) is 9.58. The van der Waals surface area contributed by atoms with E-state index in [2.05, 4.69) is 31.9 Å². The number of halogens is 4. The van der Waals surface area contributed by atoms with Gasteiger partial charge in [0, 0.05) is 10.4 Å². The number of alkyl halides is 3. The molecule has 8 nitrogen and oxygen atoms in total. The van der Waals surface area contributed by atoms with Crippen LogP contribution < -0.4 is 9.64 Å². The molecule has 4 aliphatic rings. The van der Waals surface area contributed by atoms with Crippen molar-refractivity contribution in [3.63, 3.8) is 0 Å². The van der Waals surface area contributed by atoms with Crippen molar-refractivity contribution >= 4 is 84.4 Å². The molecule has 2 aliphatic carbocycles. The SMILES string of the molecule is COc1cc(C2C3=CCC4C(=O)N(c5ccc(Br)cc5)C(=O)C4C3CC3(Cl)C(=O)N(CBr)C(=O)C23Cl)ccc1O. The van der Waals surface area contributed by atoms with E-state index in [1.54, 1.807) is 36.4 Å². The molecule has 2 aliphatic heterocycles. The van der Waals surface area contributed by atoms with Crippen molar-refractivity contribution in [2.75, 3.05) is 17.5 Å². The molecule has 0 aromatic heterocycles. The summed E-state index contributed by atoms with van der Waals surface area (Å²) >= 11 is 21.0. The Hall–Kier alpha value is -2.40. The molecule has 0 spiro atoms. The van der Waals surface area contributed by atoms with E-state index in [0.717, 1.165) is 9.37 Å². The first kappa shape index (κ1) is 27.8. The van der Waals surface area contributed by atoms with Crippen molar-refractivity contribution in [1.82, 2.24) is 4.90 Å². The zero-order chi connectivity index (χ0) is 28.7. The van der Waals surface area contributed by atoms with Gasteiger partial charge < -0.3 is 9.84 Å². The van der Waals surface area contributed by atoms with Gasteiger partial charge in [-0.25, -0.2) is 0 Å². The highest BCUT2D eigenvalue weighted by Crippen LogP contribution is 2.65. The third-order valence-corrected chi connectivity index (χ3v) is 11.1. The second-order valence-corrected chi connectivity index (χ2v) is 13.1. The first-order valence-corrected chi connectivity index (χ1v) is 15.2. The molecule has 208 valence electrons. The summed E-state index contributed by atoms with van der Waals surface area (Å²) in [7, 11) is 1.39. The Morgan fingerprint density at radius 2 is 1.73 bits per heavy atom. The minimum absolute atomic E-state index is 0.0992. The number of methoxy groups -OCH3 is 1. The number of allylic oxidation sites excluding steroid dienone is 2. The lowest BCUT2D eigenvalue weighted by Crippen LogP contribution is -2.60. The summed E-state index contributed by atoms with van der Waals surface area (Å²) in [5, 5.41) is 10.3. The normalized spacial score (nSPS) is 33.1. The molecule has 1 saturated carbocycles. The average molecular weight is 713 g/mol. The zero-order valence-electron chi connectivity index (χ0n) is 20.9. The van der Waals surface area contributed by atoms with E-state index >= 15 is 0 Å². The van der Waals surface area contributed by atoms with Crippen LogP contribution in [0.2, 0.25) is 0 Å². The smallest absolute Gasteiger partial charge is 0.254 e. The molecule has 6 unspecified atom stereocenters. The highest BCUT2D eigenvalue weighted by Gasteiger charge is 2.76. The Kier molecular flexibility index (Phi) is 6.64. The van der Waals surface area contributed by atoms with Crippen molar-refractivity contribution in [1.29, 1.82) is 0 Å². The van der Waals surface area contributed by atoms with E-state index in [1.165, 1.54) is 18.1 Å². The first-order valence-electron chi connectivity index (χ1n) is 12.5. The number of carbonyl (C=O) groups is 4. The maximum absolute atomic E-state index is 14.0. The number of carbonyl (C=O) groups excluding carboxylic acids is 4. The number of aromatic hydroxyl groups is 1. The number of amides is 4. The first-order chi connectivity index (χ1) is 19.0. The number of anilines is 1. The van der Waals surface area contributed by atoms with Crippen LogP contribution in [0.3, 0.4) is 0 Å². The monoisotopic (exact) mass is 710 g/mol. The van der Waals surface area contributed by atoms with Gasteiger partial charge in [0.15, 0.2) is 21.2 Å². The van der Waals surface area contributed by atoms with Gasteiger partial charge in [-0.05, 0) is 60.7 Å². The number of ether oxygens (including phenoxy) is 1. The predicted octanol–water partition coefficient (Wildman–Crippen LogP) is 5.08. The van der Waals surface area contributed by atoms with Gasteiger partial charge in [-0.2, -0.15) is 0 Å². The lowest BCUT2D eigenvalue weighted by molar-refractivity contribution is -0.138. The number of phenolic OH excluding ortho intramolecular Hbond substituents is 1. The van der Waals surface area contributed by atoms with E-state index < -0.39 is 45.2 Å². The van der Waals surface area contributed by atoms with Crippen LogP contribution in [0.1, 0.15) is 24.3 Å². The summed E-state index contributed by atoms with van der Waals surface area (Å²) in [5.41, 5.74) is 1.50. The van der Waals surface area contributed by atoms with E-state index in [0.29, 0.717) is 16.8 Å². The predicted molar refractivity (Wildman–Crippen MR) is 155 cm³/mol. The zero-order valence-corrected chi connectivity index (χ0v) is 25.6. The van der Waals surface area contributed by atoms with Crippen molar-refractivity contribution < 1.29 is 29.0 Å². The molecule has 12 heteroatoms. The minimum atomic E-state index is -1.92. The Balaban J connectivity index is 1.52. The Morgan fingerprint density at radius 1 is 1.02 bits per heavy atom. The molecule has 2 aromatic carbocycles. The van der Waals surface area contributed by atoms with E-state index in [1.807, 2.05) is 6.08 Å². The Labute approximate surface area is 256 Å². The third-order valence-electron chi connectivity index (χ3n) is 8.64. The topological polar surface area (TPSA) is 104 Å². The number of fused-ring (bicyclic) bond motifs is 4. The van der Waals surface area contributed by atoms with Crippen LogP contribution in [-0.2, 0) is 19.2 Å². The largest absolute Gasteiger partial charge is 0.504 e. The van der Waals surface area contributed by atoms with E-state index in [4.69, 9.17) is 27.9 Å². The van der Waals surface area contributed by atoms with Crippen molar-refractivity contribution in [3.8, 4) is 11.5 Å². The van der Waals surface area contributed by atoms with Gasteiger partial charge in [0.2, 0.25) is 11.8 Å². The molecule has 40 heavy (non-hydrogen) atoms. The van der Waals surface area contributed by atoms with Gasteiger partial charge in [-0.1, -0.05) is 49.6 Å². The molecule has 4 amide bonds. The van der Waals surface area contributed by atoms with Gasteiger partial charge in [0.1, 0.15) is 0 Å². The van der Waals surface area contributed by atoms with Crippen LogP contribution in [0.5, 0.6) is 11.5 Å². The van der Waals surface area contributed by atoms with Crippen molar-refractivity contribution in [2.45, 2.75) is 28.5 Å². The summed E-state index contributed by atoms with van der Waals surface area (Å²) in [6, 6.07) is 11.5. The van der Waals surface area contributed by atoms with E-state index in [-0.39, 0.29) is 41.6 Å². The summed E-state index contributed by atoms with van der Waals surface area (Å²) in [5.74, 6) is -5.02. The lowest BCUT2D eigenvalue weighted by atomic mass is 9.56. The minimum Gasteiger partial charge on any atom is -0.504 e. The van der Waals surface area contributed by atoms with Crippen molar-refractivity contribution in [3.05, 3.63) is 64.1 Å². The van der Waals surface area contributed by atoms with Gasteiger partial charge in [-0.15, -0.1) is 23.2 Å². The number of nitrogens with zero attached hydrogens (tertiary/aromatic N) is 2. The molecule has 0 radical (unpaired) electrons. The summed E-state index contributed by atoms with van der Waals surface area (Å²) < 4.78 is 6.13. The van der Waals surface area contributed by atoms with Crippen LogP contribution in [0.4, 0.5) is 5.69 Å². The Morgan fingerprint density at radius 3 is 2.38 bits per heavy atom. The number of hydrogen-bond donors (Lipinski definition) is 1. The van der Waals surface area contributed by atoms with Crippen LogP contribution in [-0.4, -0.2) is 55.9 Å². The maximum Gasteiger partial charge on any atom is 0.254 e. The second-order valence-electron chi connectivity index (χ2n) is 10.4. The summed E-state index contributed by atoms with van der Waals surface area (Å²) in [6.07, 6.45) is 2.02. The number of rotatable bonds is 4. The van der Waals surface area contributed by atoms with Crippen LogP contribution in [0.15, 0.2) is 58.6 Å². The quantitative estimate of drug-likeness (QED) is 0.205. The van der Waals surface area contributed by atoms with Crippen LogP contribution in [0.25, 0.3) is 0 Å². The number of benzene rings is 2. The van der Waals surface area contributed by atoms with Crippen LogP contribution in [0, 0.1) is 17.8 Å². The molecule has 0 bridgehead atoms. The number of imide groups is 2. The molecule has 1 N–H and O–H groups in total. The number of hydrogen-bond acceptors (Lipinski definition) is 6. The Bertz CT molecular complexity index is 1520. The standard InChI is InChI=1S/C28H22Br2Cl2N2O6/c1-40-20-10-13(2-9-19(20)35)22-16-7-8-17-21(24(37)34(23(17)36)15-5-3-14(30)4-6-15)18(16)11-27(31)25(38)33(12-29)26(39)28(22,27)32/h2-7,9-10,17-18,21-22,35H,8,11-12H2,1H3. The average Bonchev–Trinajstić information content (AvgIpc) is 3.27. The lowest BCUT2D eigenvalue weighted by Gasteiger charge is -2.50. The van der Waals surface area contributed by atoms with Crippen LogP contribution >= 0.6 is 55.1 Å². The molecule has 6 atom stereocenters. The fourth-order valence-electron chi connectivity index (χ4n) is 6.85. The van der Waals surface area contributed by atoms with Gasteiger partial charge in [0.25, 0.3) is 11.8 Å². The highest BCUT2D eigenvalue weighted by molar-refractivity contribution is 9.10. The highest BCUT2D eigenvalue weighted by atomic mass is 79.9. The summed E-state index contributed by atoms with van der Waals surface area (Å²) in [6.45, 7) is 0. The summed E-state index contributed by atoms with van der Waals surface area (Å²) in [4.78, 5) is 53.5. The van der Waals surface area contributed by atoms with Gasteiger partial charge in [-0.3, -0.25) is 29.0 Å². The molecular formula is C28H22Br2Cl2N2O6. The van der Waals surface area contributed by atoms with Crippen molar-refractivity contribution in [2.24, 2.45) is 17.8 Å².